The van der Waals surface area contributed by atoms with Gasteiger partial charge in [0.1, 0.15) is 0 Å². The first-order valence-electron chi connectivity index (χ1n) is 9.35. The molecule has 1 fully saturated rings. The topological polar surface area (TPSA) is 48.9 Å². The Morgan fingerprint density at radius 1 is 1.38 bits per heavy atom. The number of methoxy groups -OCH3 is 1. The zero-order valence-corrected chi connectivity index (χ0v) is 19.7. The molecule has 5 nitrogen and oxygen atoms in total. The highest BCUT2D eigenvalue weighted by Crippen LogP contribution is 2.27. The zero-order chi connectivity index (χ0) is 18.1. The van der Waals surface area contributed by atoms with Gasteiger partial charge in [-0.2, -0.15) is 0 Å². The summed E-state index contributed by atoms with van der Waals surface area (Å²) in [4.78, 5) is 8.74. The Balaban J connectivity index is 0.00000338. The average molecular weight is 494 g/mol. The maximum absolute atomic E-state index is 5.18. The molecule has 150 valence electrons. The van der Waals surface area contributed by atoms with Gasteiger partial charge in [0, 0.05) is 49.6 Å². The van der Waals surface area contributed by atoms with E-state index < -0.39 is 0 Å². The summed E-state index contributed by atoms with van der Waals surface area (Å²) >= 11 is 1.81. The summed E-state index contributed by atoms with van der Waals surface area (Å²) in [5.74, 6) is 0.947. The molecule has 0 atom stereocenters. The molecule has 2 N–H and O–H groups in total. The molecule has 1 aromatic heterocycles. The van der Waals surface area contributed by atoms with Crippen molar-refractivity contribution in [3.8, 4) is 0 Å². The smallest absolute Gasteiger partial charge is 0.191 e. The number of piperidine rings is 1. The van der Waals surface area contributed by atoms with Gasteiger partial charge < -0.3 is 20.3 Å². The van der Waals surface area contributed by atoms with Gasteiger partial charge in [0.25, 0.3) is 0 Å². The van der Waals surface area contributed by atoms with Gasteiger partial charge in [-0.15, -0.1) is 35.3 Å². The maximum atomic E-state index is 5.18. The normalized spacial score (nSPS) is 17.0. The molecule has 0 radical (unpaired) electrons. The highest BCUT2D eigenvalue weighted by atomic mass is 127. The number of nitrogens with zero attached hydrogens (tertiary/aromatic N) is 2. The molecule has 0 bridgehead atoms. The number of likely N-dealkylation sites (tertiary alicyclic amines) is 1. The van der Waals surface area contributed by atoms with E-state index in [1.54, 1.807) is 7.11 Å². The minimum absolute atomic E-state index is 0. The van der Waals surface area contributed by atoms with Crippen LogP contribution in [0.5, 0.6) is 0 Å². The summed E-state index contributed by atoms with van der Waals surface area (Å²) in [7, 11) is 1.77. The summed E-state index contributed by atoms with van der Waals surface area (Å²) in [5.41, 5.74) is 0.0695. The lowest BCUT2D eigenvalue weighted by molar-refractivity contribution is 0.128. The minimum atomic E-state index is 0. The first-order valence-corrected chi connectivity index (χ1v) is 10.2. The number of hydrogen-bond acceptors (Lipinski definition) is 4. The molecule has 0 saturated carbocycles. The lowest BCUT2D eigenvalue weighted by Crippen LogP contribution is -2.49. The fraction of sp³-hybridized carbons (Fsp3) is 0.737. The molecule has 7 heteroatoms. The first-order chi connectivity index (χ1) is 12.0. The highest BCUT2D eigenvalue weighted by Gasteiger charge is 2.23. The summed E-state index contributed by atoms with van der Waals surface area (Å²) in [6.07, 6.45) is 2.31. The SMILES string of the molecule is CCNC(=NCC(C)(C)c1cccs1)NC1CCN(CCOC)CC1.I. The van der Waals surface area contributed by atoms with Crippen LogP contribution in [0.2, 0.25) is 0 Å². The van der Waals surface area contributed by atoms with Gasteiger partial charge >= 0.3 is 0 Å². The number of guanidine groups is 1. The van der Waals surface area contributed by atoms with E-state index in [-0.39, 0.29) is 29.4 Å². The van der Waals surface area contributed by atoms with Crippen LogP contribution in [0.25, 0.3) is 0 Å². The Morgan fingerprint density at radius 2 is 2.12 bits per heavy atom. The van der Waals surface area contributed by atoms with Crippen LogP contribution in [0, 0.1) is 0 Å². The summed E-state index contributed by atoms with van der Waals surface area (Å²) in [6.45, 7) is 12.4. The third kappa shape index (κ3) is 7.70. The molecule has 0 aliphatic carbocycles. The standard InChI is InChI=1S/C19H34N4OS.HI/c1-5-20-18(21-15-19(2,3)17-7-6-14-25-17)22-16-8-10-23(11-9-16)12-13-24-4;/h6-7,14,16H,5,8-13,15H2,1-4H3,(H2,20,21,22);1H. The maximum Gasteiger partial charge on any atom is 0.191 e. The molecule has 0 spiro atoms. The van der Waals surface area contributed by atoms with E-state index in [2.05, 4.69) is 53.8 Å². The molecule has 1 aromatic rings. The van der Waals surface area contributed by atoms with Crippen LogP contribution in [0.15, 0.2) is 22.5 Å². The average Bonchev–Trinajstić information content (AvgIpc) is 3.15. The number of hydrogen-bond donors (Lipinski definition) is 2. The number of thiophene rings is 1. The van der Waals surface area contributed by atoms with E-state index in [0.29, 0.717) is 6.04 Å². The third-order valence-electron chi connectivity index (χ3n) is 4.70. The second-order valence-electron chi connectivity index (χ2n) is 7.31. The minimum Gasteiger partial charge on any atom is -0.383 e. The Morgan fingerprint density at radius 3 is 2.69 bits per heavy atom. The van der Waals surface area contributed by atoms with Crippen LogP contribution in [0.3, 0.4) is 0 Å². The van der Waals surface area contributed by atoms with Gasteiger partial charge in [0.2, 0.25) is 0 Å². The van der Waals surface area contributed by atoms with Crippen molar-refractivity contribution in [2.24, 2.45) is 4.99 Å². The van der Waals surface area contributed by atoms with Crippen molar-refractivity contribution in [3.63, 3.8) is 0 Å². The Labute approximate surface area is 180 Å². The predicted octanol–water partition coefficient (Wildman–Crippen LogP) is 3.31. The van der Waals surface area contributed by atoms with Crippen LogP contribution < -0.4 is 10.6 Å². The summed E-state index contributed by atoms with van der Waals surface area (Å²) < 4.78 is 5.18. The Kier molecular flexibility index (Phi) is 11.1. The van der Waals surface area contributed by atoms with Gasteiger partial charge in [-0.25, -0.2) is 0 Å². The summed E-state index contributed by atoms with van der Waals surface area (Å²) in [5, 5.41) is 9.18. The number of nitrogens with one attached hydrogen (secondary N) is 2. The monoisotopic (exact) mass is 494 g/mol. The predicted molar refractivity (Wildman–Crippen MR) is 123 cm³/mol. The van der Waals surface area contributed by atoms with Crippen LogP contribution in [0.1, 0.15) is 38.5 Å². The molecule has 0 aromatic carbocycles. The second-order valence-corrected chi connectivity index (χ2v) is 8.26. The van der Waals surface area contributed by atoms with E-state index >= 15 is 0 Å². The summed E-state index contributed by atoms with van der Waals surface area (Å²) in [6, 6.07) is 4.82. The van der Waals surface area contributed by atoms with E-state index in [9.17, 15) is 0 Å². The molecule has 26 heavy (non-hydrogen) atoms. The van der Waals surface area contributed by atoms with Crippen molar-refractivity contribution >= 4 is 41.3 Å². The van der Waals surface area contributed by atoms with Crippen LogP contribution in [-0.2, 0) is 10.2 Å². The number of rotatable bonds is 8. The van der Waals surface area contributed by atoms with Crippen LogP contribution in [0.4, 0.5) is 0 Å². The van der Waals surface area contributed by atoms with Crippen LogP contribution >= 0.6 is 35.3 Å². The largest absolute Gasteiger partial charge is 0.383 e. The third-order valence-corrected chi connectivity index (χ3v) is 5.94. The van der Waals surface area contributed by atoms with Crippen molar-refractivity contribution in [2.45, 2.75) is 45.1 Å². The molecular formula is C19H35IN4OS. The van der Waals surface area contributed by atoms with Crippen molar-refractivity contribution in [3.05, 3.63) is 22.4 Å². The van der Waals surface area contributed by atoms with Crippen LogP contribution in [-0.4, -0.2) is 63.3 Å². The van der Waals surface area contributed by atoms with Crippen molar-refractivity contribution in [2.75, 3.05) is 46.4 Å². The molecule has 0 amide bonds. The molecule has 1 saturated heterocycles. The van der Waals surface area contributed by atoms with E-state index in [0.717, 1.165) is 58.1 Å². The quantitative estimate of drug-likeness (QED) is 0.331. The Hall–Kier alpha value is -0.380. The number of ether oxygens (including phenoxy) is 1. The first kappa shape index (κ1) is 23.7. The molecule has 0 unspecified atom stereocenters. The lowest BCUT2D eigenvalue weighted by atomic mass is 9.92. The fourth-order valence-corrected chi connectivity index (χ4v) is 3.90. The number of aliphatic imine (C=N–C) groups is 1. The fourth-order valence-electron chi connectivity index (χ4n) is 3.05. The van der Waals surface area contributed by atoms with Crippen molar-refractivity contribution < 1.29 is 4.74 Å². The Bertz CT molecular complexity index is 514. The van der Waals surface area contributed by atoms with Gasteiger partial charge in [0.15, 0.2) is 5.96 Å². The van der Waals surface area contributed by atoms with Gasteiger partial charge in [-0.05, 0) is 31.2 Å². The van der Waals surface area contributed by atoms with Gasteiger partial charge in [-0.3, -0.25) is 4.99 Å². The number of halogens is 1. The van der Waals surface area contributed by atoms with Crippen molar-refractivity contribution in [1.29, 1.82) is 0 Å². The molecule has 2 heterocycles. The van der Waals surface area contributed by atoms with E-state index in [1.165, 1.54) is 4.88 Å². The molecular weight excluding hydrogens is 459 g/mol. The van der Waals surface area contributed by atoms with E-state index in [4.69, 9.17) is 9.73 Å². The van der Waals surface area contributed by atoms with E-state index in [1.807, 2.05) is 11.3 Å². The molecule has 2 rings (SSSR count). The molecule has 1 aliphatic rings. The highest BCUT2D eigenvalue weighted by molar-refractivity contribution is 14.0. The lowest BCUT2D eigenvalue weighted by Gasteiger charge is -2.33. The zero-order valence-electron chi connectivity index (χ0n) is 16.6. The second kappa shape index (κ2) is 12.2. The van der Waals surface area contributed by atoms with Gasteiger partial charge in [0.05, 0.1) is 13.2 Å². The van der Waals surface area contributed by atoms with Crippen molar-refractivity contribution in [1.82, 2.24) is 15.5 Å². The van der Waals surface area contributed by atoms with Gasteiger partial charge in [-0.1, -0.05) is 19.9 Å². The molecule has 1 aliphatic heterocycles.